The zero-order chi connectivity index (χ0) is 20.6. The van der Waals surface area contributed by atoms with Gasteiger partial charge in [0.1, 0.15) is 11.6 Å². The Morgan fingerprint density at radius 2 is 1.69 bits per heavy atom. The van der Waals surface area contributed by atoms with E-state index in [2.05, 4.69) is 16.5 Å². The molecule has 144 valence electrons. The molecule has 2 heterocycles. The lowest BCUT2D eigenvalue weighted by molar-refractivity contribution is -0.131. The Balaban J connectivity index is 1.74. The van der Waals surface area contributed by atoms with Gasteiger partial charge in [-0.05, 0) is 31.5 Å². The number of para-hydroxylation sites is 1. The molecule has 2 aromatic carbocycles. The highest BCUT2D eigenvalue weighted by Gasteiger charge is 2.49. The lowest BCUT2D eigenvalue weighted by Crippen LogP contribution is -2.40. The summed E-state index contributed by atoms with van der Waals surface area (Å²) in [6.45, 7) is 3.38. The van der Waals surface area contributed by atoms with Gasteiger partial charge in [-0.1, -0.05) is 48.5 Å². The van der Waals surface area contributed by atoms with E-state index in [0.29, 0.717) is 22.5 Å². The number of aromatic nitrogens is 2. The highest BCUT2D eigenvalue weighted by atomic mass is 16.2. The number of benzene rings is 2. The van der Waals surface area contributed by atoms with Crippen LogP contribution in [0, 0.1) is 18.3 Å². The van der Waals surface area contributed by atoms with Gasteiger partial charge in [0, 0.05) is 0 Å². The Hall–Kier alpha value is -3.92. The summed E-state index contributed by atoms with van der Waals surface area (Å²) in [4.78, 5) is 27.1. The van der Waals surface area contributed by atoms with Crippen LogP contribution in [0.1, 0.15) is 29.4 Å². The predicted molar refractivity (Wildman–Crippen MR) is 106 cm³/mol. The fraction of sp³-hybridized carbons (Fsp3) is 0.182. The SMILES string of the molecule is Cc1nn(-c2ccccc2)c(CN2C(=O)NC(C)(c3ccccc3)C2=O)c1C#N. The molecule has 0 aliphatic carbocycles. The Morgan fingerprint density at radius 3 is 2.31 bits per heavy atom. The molecule has 1 atom stereocenters. The van der Waals surface area contributed by atoms with Crippen molar-refractivity contribution < 1.29 is 9.59 Å². The highest BCUT2D eigenvalue weighted by Crippen LogP contribution is 2.30. The van der Waals surface area contributed by atoms with Gasteiger partial charge >= 0.3 is 6.03 Å². The normalized spacial score (nSPS) is 18.6. The fourth-order valence-corrected chi connectivity index (χ4v) is 3.61. The number of carbonyl (C=O) groups is 2. The molecule has 0 radical (unpaired) electrons. The fourth-order valence-electron chi connectivity index (χ4n) is 3.61. The molecular formula is C22H19N5O2. The number of hydrogen-bond donors (Lipinski definition) is 1. The van der Waals surface area contributed by atoms with Crippen molar-refractivity contribution in [1.29, 1.82) is 5.26 Å². The van der Waals surface area contributed by atoms with Crippen LogP contribution in [0.2, 0.25) is 0 Å². The summed E-state index contributed by atoms with van der Waals surface area (Å²) >= 11 is 0. The number of amides is 3. The maximum absolute atomic E-state index is 13.2. The number of urea groups is 1. The van der Waals surface area contributed by atoms with Crippen molar-refractivity contribution in [3.63, 3.8) is 0 Å². The minimum Gasteiger partial charge on any atom is -0.319 e. The average Bonchev–Trinajstić information content (AvgIpc) is 3.18. The van der Waals surface area contributed by atoms with E-state index >= 15 is 0 Å². The third-order valence-electron chi connectivity index (χ3n) is 5.20. The van der Waals surface area contributed by atoms with Gasteiger partial charge in [-0.2, -0.15) is 10.4 Å². The summed E-state index contributed by atoms with van der Waals surface area (Å²) in [6, 6.07) is 20.1. The number of aryl methyl sites for hydroxylation is 1. The predicted octanol–water partition coefficient (Wildman–Crippen LogP) is 3.02. The third-order valence-corrected chi connectivity index (χ3v) is 5.20. The molecule has 1 N–H and O–H groups in total. The summed E-state index contributed by atoms with van der Waals surface area (Å²) in [5, 5.41) is 16.9. The summed E-state index contributed by atoms with van der Waals surface area (Å²) in [5.41, 5.74) is 1.71. The van der Waals surface area contributed by atoms with E-state index in [9.17, 15) is 14.9 Å². The first-order chi connectivity index (χ1) is 14.0. The van der Waals surface area contributed by atoms with Gasteiger partial charge in [0.15, 0.2) is 0 Å². The molecule has 7 heteroatoms. The molecule has 1 aliphatic heterocycles. The van der Waals surface area contributed by atoms with Crippen LogP contribution in [0.15, 0.2) is 60.7 Å². The van der Waals surface area contributed by atoms with Gasteiger partial charge in [-0.15, -0.1) is 0 Å². The molecule has 0 bridgehead atoms. The molecule has 1 unspecified atom stereocenters. The molecule has 4 rings (SSSR count). The number of nitrogens with one attached hydrogen (secondary N) is 1. The van der Waals surface area contributed by atoms with E-state index in [4.69, 9.17) is 0 Å². The monoisotopic (exact) mass is 385 g/mol. The van der Waals surface area contributed by atoms with E-state index in [1.54, 1.807) is 30.7 Å². The number of imide groups is 1. The molecule has 0 saturated carbocycles. The highest BCUT2D eigenvalue weighted by molar-refractivity contribution is 6.07. The molecule has 3 aromatic rings. The standard InChI is InChI=1S/C22H19N5O2/c1-15-18(13-23)19(27(25-15)17-11-7-4-8-12-17)14-26-20(28)22(2,24-21(26)29)16-9-5-3-6-10-16/h3-12H,14H2,1-2H3,(H,24,29). The molecule has 3 amide bonds. The number of nitriles is 1. The van der Waals surface area contributed by atoms with Crippen LogP contribution in [-0.4, -0.2) is 26.6 Å². The van der Waals surface area contributed by atoms with Gasteiger partial charge in [-0.3, -0.25) is 9.69 Å². The van der Waals surface area contributed by atoms with Crippen molar-refractivity contribution in [1.82, 2.24) is 20.0 Å². The molecule has 1 saturated heterocycles. The van der Waals surface area contributed by atoms with Crippen molar-refractivity contribution in [2.45, 2.75) is 25.9 Å². The van der Waals surface area contributed by atoms with Gasteiger partial charge in [0.25, 0.3) is 5.91 Å². The van der Waals surface area contributed by atoms with E-state index in [1.807, 2.05) is 48.5 Å². The summed E-state index contributed by atoms with van der Waals surface area (Å²) < 4.78 is 1.62. The first kappa shape index (κ1) is 18.4. The molecule has 1 aliphatic rings. The summed E-state index contributed by atoms with van der Waals surface area (Å²) in [6.07, 6.45) is 0. The van der Waals surface area contributed by atoms with E-state index in [1.165, 1.54) is 0 Å². The lowest BCUT2D eigenvalue weighted by Gasteiger charge is -2.22. The largest absolute Gasteiger partial charge is 0.325 e. The maximum atomic E-state index is 13.2. The van der Waals surface area contributed by atoms with Gasteiger partial charge in [0.05, 0.1) is 29.2 Å². The first-order valence-corrected chi connectivity index (χ1v) is 9.19. The Morgan fingerprint density at radius 1 is 1.07 bits per heavy atom. The zero-order valence-corrected chi connectivity index (χ0v) is 16.1. The van der Waals surface area contributed by atoms with Crippen LogP contribution in [0.4, 0.5) is 4.79 Å². The minimum absolute atomic E-state index is 0.0499. The quantitative estimate of drug-likeness (QED) is 0.699. The van der Waals surface area contributed by atoms with Crippen molar-refractivity contribution in [3.05, 3.63) is 83.2 Å². The Bertz CT molecular complexity index is 1130. The van der Waals surface area contributed by atoms with Crippen molar-refractivity contribution >= 4 is 11.9 Å². The maximum Gasteiger partial charge on any atom is 0.325 e. The second-order valence-corrected chi connectivity index (χ2v) is 7.08. The van der Waals surface area contributed by atoms with Crippen LogP contribution < -0.4 is 5.32 Å². The summed E-state index contributed by atoms with van der Waals surface area (Å²) in [5.74, 6) is -0.365. The lowest BCUT2D eigenvalue weighted by atomic mass is 9.92. The molecular weight excluding hydrogens is 366 g/mol. The Labute approximate surface area is 168 Å². The van der Waals surface area contributed by atoms with Crippen LogP contribution in [0.25, 0.3) is 5.69 Å². The number of hydrogen-bond acceptors (Lipinski definition) is 4. The number of nitrogens with zero attached hydrogens (tertiary/aromatic N) is 4. The second kappa shape index (κ2) is 6.91. The number of rotatable bonds is 4. The first-order valence-electron chi connectivity index (χ1n) is 9.19. The molecule has 29 heavy (non-hydrogen) atoms. The molecule has 7 nitrogen and oxygen atoms in total. The zero-order valence-electron chi connectivity index (χ0n) is 16.1. The second-order valence-electron chi connectivity index (χ2n) is 7.08. The van der Waals surface area contributed by atoms with Gasteiger partial charge < -0.3 is 5.32 Å². The Kier molecular flexibility index (Phi) is 4.40. The molecule has 1 fully saturated rings. The van der Waals surface area contributed by atoms with Crippen molar-refractivity contribution in [2.24, 2.45) is 0 Å². The van der Waals surface area contributed by atoms with Crippen LogP contribution in [0.5, 0.6) is 0 Å². The minimum atomic E-state index is -1.15. The average molecular weight is 385 g/mol. The van der Waals surface area contributed by atoms with Crippen LogP contribution >= 0.6 is 0 Å². The van der Waals surface area contributed by atoms with Crippen molar-refractivity contribution in [3.8, 4) is 11.8 Å². The van der Waals surface area contributed by atoms with Crippen molar-refractivity contribution in [2.75, 3.05) is 0 Å². The van der Waals surface area contributed by atoms with Gasteiger partial charge in [0.2, 0.25) is 0 Å². The molecule has 0 spiro atoms. The summed E-state index contributed by atoms with van der Waals surface area (Å²) in [7, 11) is 0. The van der Waals surface area contributed by atoms with E-state index in [-0.39, 0.29) is 12.5 Å². The van der Waals surface area contributed by atoms with Crippen LogP contribution in [-0.2, 0) is 16.9 Å². The topological polar surface area (TPSA) is 91.0 Å². The van der Waals surface area contributed by atoms with Gasteiger partial charge in [-0.25, -0.2) is 9.48 Å². The molecule has 1 aromatic heterocycles. The van der Waals surface area contributed by atoms with E-state index in [0.717, 1.165) is 10.6 Å². The third kappa shape index (κ3) is 2.95. The smallest absolute Gasteiger partial charge is 0.319 e. The van der Waals surface area contributed by atoms with E-state index < -0.39 is 11.6 Å². The van der Waals surface area contributed by atoms with Crippen LogP contribution in [0.3, 0.4) is 0 Å². The number of carbonyl (C=O) groups excluding carboxylic acids is 2.